The molecule has 0 saturated heterocycles. The van der Waals surface area contributed by atoms with Crippen LogP contribution in [0.5, 0.6) is 0 Å². The predicted molar refractivity (Wildman–Crippen MR) is 65.4 cm³/mol. The molecule has 4 N–H and O–H groups in total. The van der Waals surface area contributed by atoms with Crippen LogP contribution in [-0.4, -0.2) is 33.4 Å². The van der Waals surface area contributed by atoms with Gasteiger partial charge in [-0.15, -0.1) is 0 Å². The van der Waals surface area contributed by atoms with Gasteiger partial charge in [-0.3, -0.25) is 9.48 Å². The Balaban J connectivity index is 2.54. The van der Waals surface area contributed by atoms with Gasteiger partial charge in [-0.25, -0.2) is 0 Å². The van der Waals surface area contributed by atoms with Crippen molar-refractivity contribution in [2.45, 2.75) is 39.8 Å². The number of aromatic nitrogens is 2. The van der Waals surface area contributed by atoms with E-state index in [9.17, 15) is 9.90 Å². The molecule has 96 valence electrons. The van der Waals surface area contributed by atoms with Crippen LogP contribution in [0.1, 0.15) is 24.7 Å². The Kier molecular flexibility index (Phi) is 4.51. The van der Waals surface area contributed by atoms with Gasteiger partial charge in [0, 0.05) is 6.54 Å². The minimum atomic E-state index is -0.496. The molecular formula is C11H20N4O2. The van der Waals surface area contributed by atoms with Crippen LogP contribution in [0.3, 0.4) is 0 Å². The Morgan fingerprint density at radius 3 is 2.71 bits per heavy atom. The average Bonchev–Trinajstić information content (AvgIpc) is 2.54. The molecule has 1 rings (SSSR count). The van der Waals surface area contributed by atoms with Crippen molar-refractivity contribution in [3.05, 3.63) is 11.4 Å². The van der Waals surface area contributed by atoms with Crippen LogP contribution < -0.4 is 11.1 Å². The third-order valence-electron chi connectivity index (χ3n) is 2.74. The number of carbonyl (C=O) groups is 1. The summed E-state index contributed by atoms with van der Waals surface area (Å²) in [6, 6.07) is 0. The third kappa shape index (κ3) is 3.45. The van der Waals surface area contributed by atoms with Gasteiger partial charge in [-0.2, -0.15) is 5.10 Å². The summed E-state index contributed by atoms with van der Waals surface area (Å²) in [6.07, 6.45) is 0.122. The summed E-state index contributed by atoms with van der Waals surface area (Å²) in [5.74, 6) is -0.178. The average molecular weight is 240 g/mol. The van der Waals surface area contributed by atoms with Gasteiger partial charge in [0.05, 0.1) is 23.2 Å². The predicted octanol–water partition coefficient (Wildman–Crippen LogP) is -0.0308. The number of nitrogens with two attached hydrogens (primary N) is 1. The number of hydrogen-bond acceptors (Lipinski definition) is 4. The number of hydrogen-bond donors (Lipinski definition) is 3. The summed E-state index contributed by atoms with van der Waals surface area (Å²) in [5, 5.41) is 16.1. The molecule has 1 aromatic rings. The van der Waals surface area contributed by atoms with E-state index >= 15 is 0 Å². The molecule has 0 aromatic carbocycles. The lowest BCUT2D eigenvalue weighted by molar-refractivity contribution is -0.122. The molecule has 1 unspecified atom stereocenters. The maximum Gasteiger partial charge on any atom is 0.241 e. The highest BCUT2D eigenvalue weighted by atomic mass is 16.3. The van der Waals surface area contributed by atoms with Crippen LogP contribution in [0.25, 0.3) is 0 Å². The van der Waals surface area contributed by atoms with Crippen molar-refractivity contribution in [2.75, 3.05) is 12.3 Å². The Bertz CT molecular complexity index is 400. The molecule has 0 fully saturated rings. The fourth-order valence-corrected chi connectivity index (χ4v) is 1.43. The highest BCUT2D eigenvalue weighted by Gasteiger charge is 2.11. The van der Waals surface area contributed by atoms with Crippen molar-refractivity contribution in [1.82, 2.24) is 15.1 Å². The second kappa shape index (κ2) is 5.67. The van der Waals surface area contributed by atoms with E-state index in [2.05, 4.69) is 10.4 Å². The Labute approximate surface area is 101 Å². The molecule has 6 heteroatoms. The van der Waals surface area contributed by atoms with Crippen molar-refractivity contribution in [3.8, 4) is 0 Å². The highest BCUT2D eigenvalue weighted by Crippen LogP contribution is 2.14. The summed E-state index contributed by atoms with van der Waals surface area (Å²) >= 11 is 0. The number of amides is 1. The van der Waals surface area contributed by atoms with Gasteiger partial charge in [-0.1, -0.05) is 6.92 Å². The van der Waals surface area contributed by atoms with Crippen molar-refractivity contribution in [3.63, 3.8) is 0 Å². The van der Waals surface area contributed by atoms with E-state index in [4.69, 9.17) is 5.73 Å². The van der Waals surface area contributed by atoms with E-state index in [1.165, 1.54) is 0 Å². The summed E-state index contributed by atoms with van der Waals surface area (Å²) in [4.78, 5) is 11.6. The number of aliphatic hydroxyl groups excluding tert-OH is 1. The first kappa shape index (κ1) is 13.5. The Hall–Kier alpha value is -1.56. The third-order valence-corrected chi connectivity index (χ3v) is 2.74. The number of rotatable bonds is 5. The van der Waals surface area contributed by atoms with Gasteiger partial charge in [0.1, 0.15) is 6.54 Å². The molecule has 0 aliphatic rings. The molecule has 1 aromatic heterocycles. The Morgan fingerprint density at radius 2 is 2.24 bits per heavy atom. The van der Waals surface area contributed by atoms with Gasteiger partial charge in [0.2, 0.25) is 5.91 Å². The zero-order chi connectivity index (χ0) is 13.0. The quantitative estimate of drug-likeness (QED) is 0.673. The largest absolute Gasteiger partial charge is 0.396 e. The van der Waals surface area contributed by atoms with Crippen LogP contribution in [0.15, 0.2) is 0 Å². The zero-order valence-electron chi connectivity index (χ0n) is 10.5. The SMILES string of the molecule is CCC(O)CNC(=O)Cn1nc(C)c(N)c1C. The van der Waals surface area contributed by atoms with Gasteiger partial charge in [-0.05, 0) is 20.3 Å². The van der Waals surface area contributed by atoms with E-state index in [1.54, 1.807) is 11.6 Å². The minimum Gasteiger partial charge on any atom is -0.396 e. The number of carbonyl (C=O) groups excluding carboxylic acids is 1. The van der Waals surface area contributed by atoms with E-state index in [0.717, 1.165) is 11.4 Å². The van der Waals surface area contributed by atoms with Crippen molar-refractivity contribution < 1.29 is 9.90 Å². The van der Waals surface area contributed by atoms with Crippen LogP contribution in [-0.2, 0) is 11.3 Å². The number of nitrogens with zero attached hydrogens (tertiary/aromatic N) is 2. The highest BCUT2D eigenvalue weighted by molar-refractivity contribution is 5.75. The van der Waals surface area contributed by atoms with E-state index in [0.29, 0.717) is 12.1 Å². The molecule has 0 aliphatic heterocycles. The first-order valence-electron chi connectivity index (χ1n) is 5.70. The maximum atomic E-state index is 11.6. The van der Waals surface area contributed by atoms with Crippen molar-refractivity contribution in [2.24, 2.45) is 0 Å². The number of aliphatic hydroxyl groups is 1. The summed E-state index contributed by atoms with van der Waals surface area (Å²) < 4.78 is 1.57. The smallest absolute Gasteiger partial charge is 0.241 e. The molecule has 0 spiro atoms. The molecule has 6 nitrogen and oxygen atoms in total. The van der Waals surface area contributed by atoms with Gasteiger partial charge in [0.15, 0.2) is 0 Å². The fourth-order valence-electron chi connectivity index (χ4n) is 1.43. The Morgan fingerprint density at radius 1 is 1.59 bits per heavy atom. The number of aryl methyl sites for hydroxylation is 1. The zero-order valence-corrected chi connectivity index (χ0v) is 10.5. The lowest BCUT2D eigenvalue weighted by Gasteiger charge is -2.10. The standard InChI is InChI=1S/C11H20N4O2/c1-4-9(16)5-13-10(17)6-15-8(3)11(12)7(2)14-15/h9,16H,4-6,12H2,1-3H3,(H,13,17). The first-order chi connectivity index (χ1) is 7.95. The van der Waals surface area contributed by atoms with Gasteiger partial charge >= 0.3 is 0 Å². The molecule has 0 saturated carbocycles. The van der Waals surface area contributed by atoms with Crippen LogP contribution >= 0.6 is 0 Å². The molecule has 0 bridgehead atoms. The second-order valence-corrected chi connectivity index (χ2v) is 4.11. The van der Waals surface area contributed by atoms with E-state index in [-0.39, 0.29) is 19.0 Å². The number of nitrogens with one attached hydrogen (secondary N) is 1. The van der Waals surface area contributed by atoms with Gasteiger partial charge in [0.25, 0.3) is 0 Å². The molecule has 1 atom stereocenters. The summed E-state index contributed by atoms with van der Waals surface area (Å²) in [6.45, 7) is 5.88. The maximum absolute atomic E-state index is 11.6. The first-order valence-corrected chi connectivity index (χ1v) is 5.70. The molecule has 17 heavy (non-hydrogen) atoms. The molecular weight excluding hydrogens is 220 g/mol. The fraction of sp³-hybridized carbons (Fsp3) is 0.636. The van der Waals surface area contributed by atoms with Crippen LogP contribution in [0.2, 0.25) is 0 Å². The second-order valence-electron chi connectivity index (χ2n) is 4.11. The topological polar surface area (TPSA) is 93.2 Å². The number of anilines is 1. The normalized spacial score (nSPS) is 12.5. The molecule has 0 aliphatic carbocycles. The molecule has 1 heterocycles. The lowest BCUT2D eigenvalue weighted by atomic mass is 10.3. The van der Waals surface area contributed by atoms with Crippen molar-refractivity contribution >= 4 is 11.6 Å². The molecule has 0 radical (unpaired) electrons. The van der Waals surface area contributed by atoms with E-state index < -0.39 is 6.10 Å². The van der Waals surface area contributed by atoms with Crippen LogP contribution in [0.4, 0.5) is 5.69 Å². The van der Waals surface area contributed by atoms with Crippen molar-refractivity contribution in [1.29, 1.82) is 0 Å². The monoisotopic (exact) mass is 240 g/mol. The van der Waals surface area contributed by atoms with Gasteiger partial charge < -0.3 is 16.2 Å². The number of nitrogen functional groups attached to an aromatic ring is 1. The lowest BCUT2D eigenvalue weighted by Crippen LogP contribution is -2.34. The summed E-state index contributed by atoms with van der Waals surface area (Å²) in [7, 11) is 0. The summed E-state index contributed by atoms with van der Waals surface area (Å²) in [5.41, 5.74) is 7.90. The van der Waals surface area contributed by atoms with Crippen LogP contribution in [0, 0.1) is 13.8 Å². The minimum absolute atomic E-state index is 0.125. The van der Waals surface area contributed by atoms with E-state index in [1.807, 2.05) is 13.8 Å². The molecule has 1 amide bonds.